The Bertz CT molecular complexity index is 384. The van der Waals surface area contributed by atoms with Crippen LogP contribution in [-0.4, -0.2) is 5.11 Å². The van der Waals surface area contributed by atoms with Crippen LogP contribution in [0.25, 0.3) is 0 Å². The van der Waals surface area contributed by atoms with Gasteiger partial charge in [-0.25, -0.2) is 0 Å². The van der Waals surface area contributed by atoms with Gasteiger partial charge in [0.1, 0.15) is 6.10 Å². The van der Waals surface area contributed by atoms with Crippen LogP contribution in [0.2, 0.25) is 0 Å². The molecular weight excluding hydrogens is 198 g/mol. The maximum Gasteiger partial charge on any atom is 0.185 e. The lowest BCUT2D eigenvalue weighted by atomic mass is 10.0. The Kier molecular flexibility index (Phi) is 3.32. The Labute approximate surface area is 95.8 Å². The molecule has 2 nitrogen and oxygen atoms in total. The van der Waals surface area contributed by atoms with E-state index in [4.69, 9.17) is 0 Å². The van der Waals surface area contributed by atoms with Gasteiger partial charge < -0.3 is 5.11 Å². The van der Waals surface area contributed by atoms with E-state index in [0.29, 0.717) is 0 Å². The predicted molar refractivity (Wildman–Crippen MR) is 62.7 cm³/mol. The highest BCUT2D eigenvalue weighted by molar-refractivity contribution is 5.17. The molecule has 1 aromatic carbocycles. The van der Waals surface area contributed by atoms with Crippen LogP contribution < -0.4 is 4.57 Å². The van der Waals surface area contributed by atoms with Gasteiger partial charge >= 0.3 is 0 Å². The highest BCUT2D eigenvalue weighted by Crippen LogP contribution is 2.20. The van der Waals surface area contributed by atoms with E-state index < -0.39 is 6.10 Å². The molecule has 0 fully saturated rings. The lowest BCUT2D eigenvalue weighted by molar-refractivity contribution is -0.728. The molecule has 0 saturated heterocycles. The Balaban J connectivity index is 2.20. The Morgan fingerprint density at radius 1 is 0.938 bits per heavy atom. The molecule has 82 valence electrons. The number of pyridine rings is 1. The molecular formula is C14H16NO+. The number of aromatic nitrogens is 1. The predicted octanol–water partition coefficient (Wildman–Crippen LogP) is 2.27. The standard InChI is InChI=1S/C14H16NO/c1-12(15-10-6-3-7-11-15)14(16)13-8-4-2-5-9-13/h2-12,14,16H,1H3/q+1/t12-,14-/m0/s1. The Hall–Kier alpha value is -1.67. The van der Waals surface area contributed by atoms with Crippen molar-refractivity contribution in [3.05, 3.63) is 66.5 Å². The number of rotatable bonds is 3. The molecule has 0 aliphatic carbocycles. The van der Waals surface area contributed by atoms with Crippen LogP contribution in [0.4, 0.5) is 0 Å². The van der Waals surface area contributed by atoms with Crippen molar-refractivity contribution in [1.82, 2.24) is 0 Å². The molecule has 2 rings (SSSR count). The van der Waals surface area contributed by atoms with Crippen LogP contribution in [-0.2, 0) is 0 Å². The number of aliphatic hydroxyl groups is 1. The molecule has 2 aromatic rings. The van der Waals surface area contributed by atoms with E-state index in [-0.39, 0.29) is 6.04 Å². The summed E-state index contributed by atoms with van der Waals surface area (Å²) in [6.45, 7) is 2.01. The van der Waals surface area contributed by atoms with Crippen molar-refractivity contribution in [3.8, 4) is 0 Å². The third-order valence-corrected chi connectivity index (χ3v) is 2.81. The molecule has 1 heterocycles. The van der Waals surface area contributed by atoms with Gasteiger partial charge in [0.15, 0.2) is 18.4 Å². The molecule has 0 saturated carbocycles. The maximum absolute atomic E-state index is 10.2. The minimum absolute atomic E-state index is 0.0311. The van der Waals surface area contributed by atoms with E-state index in [1.807, 2.05) is 72.4 Å². The lowest BCUT2D eigenvalue weighted by Gasteiger charge is -2.14. The van der Waals surface area contributed by atoms with Gasteiger partial charge in [-0.05, 0) is 5.56 Å². The van der Waals surface area contributed by atoms with Crippen LogP contribution >= 0.6 is 0 Å². The van der Waals surface area contributed by atoms with Crippen molar-refractivity contribution in [1.29, 1.82) is 0 Å². The summed E-state index contributed by atoms with van der Waals surface area (Å²) in [5.74, 6) is 0. The third kappa shape index (κ3) is 2.28. The Morgan fingerprint density at radius 2 is 1.50 bits per heavy atom. The van der Waals surface area contributed by atoms with E-state index in [1.165, 1.54) is 0 Å². The van der Waals surface area contributed by atoms with Gasteiger partial charge in [-0.15, -0.1) is 0 Å². The van der Waals surface area contributed by atoms with Crippen LogP contribution in [0, 0.1) is 0 Å². The molecule has 1 aromatic heterocycles. The first-order chi connectivity index (χ1) is 7.79. The SMILES string of the molecule is C[C@@H]([C@H](O)c1ccccc1)[n+]1ccccc1. The number of benzene rings is 1. The van der Waals surface area contributed by atoms with Crippen molar-refractivity contribution in [3.63, 3.8) is 0 Å². The van der Waals surface area contributed by atoms with Gasteiger partial charge in [0.2, 0.25) is 0 Å². The second kappa shape index (κ2) is 4.90. The molecule has 0 aliphatic rings. The molecule has 0 unspecified atom stereocenters. The number of hydrogen-bond donors (Lipinski definition) is 1. The molecule has 2 heteroatoms. The number of nitrogens with zero attached hydrogens (tertiary/aromatic N) is 1. The van der Waals surface area contributed by atoms with Crippen LogP contribution in [0.15, 0.2) is 60.9 Å². The van der Waals surface area contributed by atoms with Crippen LogP contribution in [0.5, 0.6) is 0 Å². The summed E-state index contributed by atoms with van der Waals surface area (Å²) in [5.41, 5.74) is 0.950. The molecule has 0 bridgehead atoms. The maximum atomic E-state index is 10.2. The zero-order valence-corrected chi connectivity index (χ0v) is 9.32. The largest absolute Gasteiger partial charge is 0.381 e. The summed E-state index contributed by atoms with van der Waals surface area (Å²) in [6.07, 6.45) is 3.46. The highest BCUT2D eigenvalue weighted by atomic mass is 16.3. The zero-order chi connectivity index (χ0) is 11.4. The topological polar surface area (TPSA) is 24.1 Å². The fraction of sp³-hybridized carbons (Fsp3) is 0.214. The first-order valence-corrected chi connectivity index (χ1v) is 5.48. The Morgan fingerprint density at radius 3 is 2.12 bits per heavy atom. The minimum atomic E-state index is -0.478. The van der Waals surface area contributed by atoms with Gasteiger partial charge in [0.25, 0.3) is 0 Å². The van der Waals surface area contributed by atoms with Gasteiger partial charge in [0.05, 0.1) is 0 Å². The fourth-order valence-corrected chi connectivity index (χ4v) is 1.78. The highest BCUT2D eigenvalue weighted by Gasteiger charge is 2.23. The molecule has 2 atom stereocenters. The first-order valence-electron chi connectivity index (χ1n) is 5.48. The molecule has 0 amide bonds. The van der Waals surface area contributed by atoms with E-state index in [1.54, 1.807) is 0 Å². The van der Waals surface area contributed by atoms with Gasteiger partial charge in [-0.3, -0.25) is 0 Å². The van der Waals surface area contributed by atoms with Crippen molar-refractivity contribution >= 4 is 0 Å². The average Bonchev–Trinajstić information content (AvgIpc) is 2.39. The second-order valence-corrected chi connectivity index (χ2v) is 3.92. The summed E-state index contributed by atoms with van der Waals surface area (Å²) >= 11 is 0. The van der Waals surface area contributed by atoms with Gasteiger partial charge in [-0.1, -0.05) is 36.4 Å². The molecule has 16 heavy (non-hydrogen) atoms. The van der Waals surface area contributed by atoms with Crippen LogP contribution in [0.1, 0.15) is 24.6 Å². The number of aliphatic hydroxyl groups excluding tert-OH is 1. The minimum Gasteiger partial charge on any atom is -0.381 e. The average molecular weight is 214 g/mol. The zero-order valence-electron chi connectivity index (χ0n) is 9.32. The molecule has 0 aliphatic heterocycles. The normalized spacial score (nSPS) is 14.4. The van der Waals surface area contributed by atoms with Gasteiger partial charge in [-0.2, -0.15) is 4.57 Å². The molecule has 0 radical (unpaired) electrons. The summed E-state index contributed by atoms with van der Waals surface area (Å²) in [6, 6.07) is 15.7. The summed E-state index contributed by atoms with van der Waals surface area (Å²) < 4.78 is 2.01. The summed E-state index contributed by atoms with van der Waals surface area (Å²) in [7, 11) is 0. The smallest absolute Gasteiger partial charge is 0.185 e. The van der Waals surface area contributed by atoms with E-state index in [2.05, 4.69) is 0 Å². The summed E-state index contributed by atoms with van der Waals surface area (Å²) in [4.78, 5) is 0. The van der Waals surface area contributed by atoms with E-state index >= 15 is 0 Å². The molecule has 0 spiro atoms. The van der Waals surface area contributed by atoms with E-state index in [0.717, 1.165) is 5.56 Å². The summed E-state index contributed by atoms with van der Waals surface area (Å²) in [5, 5.41) is 10.2. The van der Waals surface area contributed by atoms with Crippen molar-refractivity contribution in [2.75, 3.05) is 0 Å². The monoisotopic (exact) mass is 214 g/mol. The number of hydrogen-bond acceptors (Lipinski definition) is 1. The third-order valence-electron chi connectivity index (χ3n) is 2.81. The first kappa shape index (κ1) is 10.8. The molecule has 1 N–H and O–H groups in total. The second-order valence-electron chi connectivity index (χ2n) is 3.92. The van der Waals surface area contributed by atoms with E-state index in [9.17, 15) is 5.11 Å². The van der Waals surface area contributed by atoms with Gasteiger partial charge in [0, 0.05) is 19.1 Å². The quantitative estimate of drug-likeness (QED) is 0.779. The van der Waals surface area contributed by atoms with Crippen molar-refractivity contribution in [2.24, 2.45) is 0 Å². The lowest BCUT2D eigenvalue weighted by Crippen LogP contribution is -2.40. The van der Waals surface area contributed by atoms with Crippen LogP contribution in [0.3, 0.4) is 0 Å². The van der Waals surface area contributed by atoms with Crippen molar-refractivity contribution in [2.45, 2.75) is 19.1 Å². The van der Waals surface area contributed by atoms with Crippen molar-refractivity contribution < 1.29 is 9.67 Å². The fourth-order valence-electron chi connectivity index (χ4n) is 1.78.